The number of hydrogen-bond acceptors (Lipinski definition) is 7. The highest BCUT2D eigenvalue weighted by molar-refractivity contribution is 7.89. The van der Waals surface area contributed by atoms with E-state index in [1.165, 1.54) is 22.5 Å². The summed E-state index contributed by atoms with van der Waals surface area (Å²) in [7, 11) is -3.99. The number of fused-ring (bicyclic) bond motifs is 1. The first-order valence-electron chi connectivity index (χ1n) is 15.5. The van der Waals surface area contributed by atoms with Gasteiger partial charge in [-0.25, -0.2) is 13.4 Å². The Hall–Kier alpha value is -4.65. The average Bonchev–Trinajstić information content (AvgIpc) is 3.06. The van der Waals surface area contributed by atoms with Crippen molar-refractivity contribution >= 4 is 38.6 Å². The molecule has 1 heterocycles. The van der Waals surface area contributed by atoms with E-state index in [1.807, 2.05) is 56.3 Å². The lowest BCUT2D eigenvalue weighted by atomic mass is 10.00. The van der Waals surface area contributed by atoms with E-state index in [0.29, 0.717) is 11.9 Å². The third kappa shape index (κ3) is 9.92. The predicted octanol–water partition coefficient (Wildman–Crippen LogP) is 3.03. The van der Waals surface area contributed by atoms with Gasteiger partial charge in [0.25, 0.3) is 5.91 Å². The summed E-state index contributed by atoms with van der Waals surface area (Å²) in [5.74, 6) is -2.09. The molecule has 3 aromatic carbocycles. The van der Waals surface area contributed by atoms with Crippen LogP contribution in [0.15, 0.2) is 102 Å². The molecule has 1 aromatic heterocycles. The summed E-state index contributed by atoms with van der Waals surface area (Å²) in [4.78, 5) is 43.3. The maximum Gasteiger partial charge on any atom is 0.270 e. The van der Waals surface area contributed by atoms with Crippen molar-refractivity contribution in [1.82, 2.24) is 19.9 Å². The average molecular weight is 660 g/mol. The molecule has 5 N–H and O–H groups in total. The number of carbonyl (C=O) groups is 3. The molecule has 0 aliphatic rings. The minimum Gasteiger partial charge on any atom is -0.390 e. The number of aromatic nitrogens is 1. The number of pyridine rings is 1. The highest BCUT2D eigenvalue weighted by atomic mass is 32.2. The molecule has 0 fully saturated rings. The molecule has 47 heavy (non-hydrogen) atoms. The van der Waals surface area contributed by atoms with Gasteiger partial charge in [0.05, 0.1) is 29.0 Å². The van der Waals surface area contributed by atoms with Crippen molar-refractivity contribution in [1.29, 1.82) is 0 Å². The van der Waals surface area contributed by atoms with Crippen molar-refractivity contribution in [2.75, 3.05) is 13.1 Å². The Bertz CT molecular complexity index is 1770. The topological polar surface area (TPSA) is 172 Å². The molecule has 4 aromatic rings. The number of para-hydroxylation sites is 1. The highest BCUT2D eigenvalue weighted by Gasteiger charge is 2.33. The van der Waals surface area contributed by atoms with E-state index >= 15 is 0 Å². The first kappa shape index (κ1) is 35.2. The Labute approximate surface area is 275 Å². The first-order valence-corrected chi connectivity index (χ1v) is 16.9. The minimum absolute atomic E-state index is 0.0405. The summed E-state index contributed by atoms with van der Waals surface area (Å²) < 4.78 is 28.6. The van der Waals surface area contributed by atoms with E-state index < -0.39 is 52.4 Å². The summed E-state index contributed by atoms with van der Waals surface area (Å²) in [6.07, 6.45) is -1.19. The van der Waals surface area contributed by atoms with Crippen molar-refractivity contribution in [2.45, 2.75) is 56.2 Å². The molecule has 0 aliphatic carbocycles. The third-order valence-corrected chi connectivity index (χ3v) is 9.56. The number of amides is 3. The number of primary amides is 1. The second-order valence-corrected chi connectivity index (χ2v) is 13.8. The zero-order valence-corrected chi connectivity index (χ0v) is 27.3. The second kappa shape index (κ2) is 16.3. The van der Waals surface area contributed by atoms with Crippen LogP contribution in [0.1, 0.15) is 42.7 Å². The van der Waals surface area contributed by atoms with Crippen LogP contribution in [0.5, 0.6) is 0 Å². The highest BCUT2D eigenvalue weighted by Crippen LogP contribution is 2.19. The van der Waals surface area contributed by atoms with E-state index in [4.69, 9.17) is 5.73 Å². The van der Waals surface area contributed by atoms with Crippen molar-refractivity contribution in [3.05, 3.63) is 108 Å². The molecule has 0 aliphatic heterocycles. The van der Waals surface area contributed by atoms with Crippen LogP contribution in [-0.2, 0) is 26.0 Å². The molecule has 12 heteroatoms. The summed E-state index contributed by atoms with van der Waals surface area (Å²) >= 11 is 0. The zero-order valence-electron chi connectivity index (χ0n) is 26.5. The summed E-state index contributed by atoms with van der Waals surface area (Å²) in [5.41, 5.74) is 6.84. The molecule has 0 saturated heterocycles. The van der Waals surface area contributed by atoms with E-state index in [0.717, 1.165) is 10.9 Å². The van der Waals surface area contributed by atoms with Gasteiger partial charge in [0.1, 0.15) is 11.7 Å². The Balaban J connectivity index is 1.59. The lowest BCUT2D eigenvalue weighted by Crippen LogP contribution is -2.56. The number of hydrogen-bond donors (Lipinski definition) is 4. The molecule has 1 unspecified atom stereocenters. The van der Waals surface area contributed by atoms with Crippen LogP contribution >= 0.6 is 0 Å². The number of sulfonamides is 1. The summed E-state index contributed by atoms with van der Waals surface area (Å²) in [5, 5.41) is 17.7. The maximum atomic E-state index is 13.7. The van der Waals surface area contributed by atoms with Crippen molar-refractivity contribution in [2.24, 2.45) is 11.7 Å². The van der Waals surface area contributed by atoms with Crippen LogP contribution in [0.4, 0.5) is 0 Å². The van der Waals surface area contributed by atoms with Crippen molar-refractivity contribution in [3.63, 3.8) is 0 Å². The lowest BCUT2D eigenvalue weighted by molar-refractivity contribution is -0.128. The molecule has 0 saturated carbocycles. The van der Waals surface area contributed by atoms with Gasteiger partial charge in [-0.1, -0.05) is 86.6 Å². The number of carbonyl (C=O) groups excluding carboxylic acids is 3. The van der Waals surface area contributed by atoms with Gasteiger partial charge in [0, 0.05) is 18.5 Å². The second-order valence-electron chi connectivity index (χ2n) is 11.8. The van der Waals surface area contributed by atoms with Crippen LogP contribution in [-0.4, -0.2) is 71.8 Å². The van der Waals surface area contributed by atoms with E-state index in [2.05, 4.69) is 15.6 Å². The molecule has 11 nitrogen and oxygen atoms in total. The molecule has 4 rings (SSSR count). The van der Waals surface area contributed by atoms with Crippen molar-refractivity contribution in [3.8, 4) is 0 Å². The van der Waals surface area contributed by atoms with E-state index in [-0.39, 0.29) is 36.0 Å². The molecular weight excluding hydrogens is 618 g/mol. The number of nitrogens with one attached hydrogen (secondary N) is 2. The quantitative estimate of drug-likeness (QED) is 0.143. The number of aliphatic hydroxyl groups excluding tert-OH is 1. The monoisotopic (exact) mass is 659 g/mol. The third-order valence-electron chi connectivity index (χ3n) is 7.68. The number of rotatable bonds is 16. The standard InChI is InChI=1S/C35H41N5O6S/c1-24(2)19-20-40(47(45,46)27-14-7-4-8-15-27)23-32(41)30(21-25-11-5-3-6-12-25)38-35(44)31(22-33(36)42)39-34(43)29-18-17-26-13-9-10-16-28(26)37-29/h3-18,24,30-32,41H,19-23H2,1-2H3,(H2,36,42)(H,38,44)(H,39,43)/t30?,31-,32+/m0/s1. The Kier molecular flexibility index (Phi) is 12.2. The molecule has 0 radical (unpaired) electrons. The van der Waals surface area contributed by atoms with E-state index in [9.17, 15) is 27.9 Å². The Morgan fingerprint density at radius 1 is 0.872 bits per heavy atom. The maximum absolute atomic E-state index is 13.7. The van der Waals surface area contributed by atoms with Gasteiger partial charge in [-0.3, -0.25) is 14.4 Å². The van der Waals surface area contributed by atoms with Gasteiger partial charge in [-0.05, 0) is 48.6 Å². The van der Waals surface area contributed by atoms with Crippen LogP contribution in [0.25, 0.3) is 10.9 Å². The van der Waals surface area contributed by atoms with Gasteiger partial charge < -0.3 is 21.5 Å². The number of benzene rings is 3. The van der Waals surface area contributed by atoms with Gasteiger partial charge in [0.2, 0.25) is 21.8 Å². The Morgan fingerprint density at radius 3 is 2.17 bits per heavy atom. The summed E-state index contributed by atoms with van der Waals surface area (Å²) in [6.45, 7) is 3.79. The molecule has 248 valence electrons. The number of nitrogens with zero attached hydrogens (tertiary/aromatic N) is 2. The number of nitrogens with two attached hydrogens (primary N) is 1. The van der Waals surface area contributed by atoms with Crippen LogP contribution < -0.4 is 16.4 Å². The van der Waals surface area contributed by atoms with Gasteiger partial charge in [0.15, 0.2) is 0 Å². The molecule has 3 atom stereocenters. The van der Waals surface area contributed by atoms with Crippen LogP contribution in [0.2, 0.25) is 0 Å². The van der Waals surface area contributed by atoms with Crippen LogP contribution in [0.3, 0.4) is 0 Å². The molecule has 3 amide bonds. The normalized spacial score (nSPS) is 13.6. The predicted molar refractivity (Wildman–Crippen MR) is 180 cm³/mol. The molecule has 0 bridgehead atoms. The van der Waals surface area contributed by atoms with Gasteiger partial charge >= 0.3 is 0 Å². The molecule has 0 spiro atoms. The largest absolute Gasteiger partial charge is 0.390 e. The van der Waals surface area contributed by atoms with Crippen LogP contribution in [0, 0.1) is 5.92 Å². The fourth-order valence-electron chi connectivity index (χ4n) is 5.06. The first-order chi connectivity index (χ1) is 22.4. The van der Waals surface area contributed by atoms with Gasteiger partial charge in [-0.15, -0.1) is 0 Å². The fourth-order valence-corrected chi connectivity index (χ4v) is 6.55. The Morgan fingerprint density at radius 2 is 1.51 bits per heavy atom. The zero-order chi connectivity index (χ0) is 34.0. The van der Waals surface area contributed by atoms with Gasteiger partial charge in [-0.2, -0.15) is 4.31 Å². The van der Waals surface area contributed by atoms with E-state index in [1.54, 1.807) is 36.4 Å². The SMILES string of the molecule is CC(C)CCN(C[C@@H](O)C(Cc1ccccc1)NC(=O)[C@H](CC(N)=O)NC(=O)c1ccc2ccccc2n1)S(=O)(=O)c1ccccc1. The van der Waals surface area contributed by atoms with Crippen molar-refractivity contribution < 1.29 is 27.9 Å². The smallest absolute Gasteiger partial charge is 0.270 e. The number of aliphatic hydroxyl groups is 1. The fraction of sp³-hybridized carbons (Fsp3) is 0.314. The summed E-state index contributed by atoms with van der Waals surface area (Å²) in [6, 6.07) is 25.1. The lowest BCUT2D eigenvalue weighted by Gasteiger charge is -2.31. The minimum atomic E-state index is -3.99. The molecular formula is C35H41N5O6S.